The van der Waals surface area contributed by atoms with Crippen LogP contribution in [0.25, 0.3) is 0 Å². The predicted octanol–water partition coefficient (Wildman–Crippen LogP) is 2.91. The summed E-state index contributed by atoms with van der Waals surface area (Å²) in [4.78, 5) is 13.8. The first-order chi connectivity index (χ1) is 10.9. The van der Waals surface area contributed by atoms with Gasteiger partial charge in [0.1, 0.15) is 0 Å². The van der Waals surface area contributed by atoms with Gasteiger partial charge in [-0.1, -0.05) is 47.5 Å². The average molecular weight is 312 g/mol. The predicted molar refractivity (Wildman–Crippen MR) is 93.4 cm³/mol. The number of hydrogen-bond acceptors (Lipinski definition) is 3. The van der Waals surface area contributed by atoms with E-state index >= 15 is 0 Å². The summed E-state index contributed by atoms with van der Waals surface area (Å²) >= 11 is 0. The molecule has 4 heteroatoms. The quantitative estimate of drug-likeness (QED) is 0.862. The second-order valence-electron chi connectivity index (χ2n) is 6.04. The minimum absolute atomic E-state index is 0.0903. The Morgan fingerprint density at radius 2 is 1.57 bits per heavy atom. The number of nitrogens with zero attached hydrogens (tertiary/aromatic N) is 1. The highest BCUT2D eigenvalue weighted by Crippen LogP contribution is 2.14. The first-order valence-electron chi connectivity index (χ1n) is 7.74. The second-order valence-corrected chi connectivity index (χ2v) is 6.04. The highest BCUT2D eigenvalue weighted by molar-refractivity contribution is 5.92. The van der Waals surface area contributed by atoms with Gasteiger partial charge in [0.15, 0.2) is 0 Å². The molecule has 0 fully saturated rings. The Labute approximate surface area is 137 Å². The second kappa shape index (κ2) is 7.90. The molecule has 2 N–H and O–H groups in total. The van der Waals surface area contributed by atoms with Crippen molar-refractivity contribution in [3.8, 4) is 0 Å². The first-order valence-corrected chi connectivity index (χ1v) is 7.74. The monoisotopic (exact) mass is 312 g/mol. The molecule has 0 saturated carbocycles. The van der Waals surface area contributed by atoms with E-state index in [0.29, 0.717) is 6.54 Å². The number of nitrogens with one attached hydrogen (secondary N) is 1. The van der Waals surface area contributed by atoms with Crippen LogP contribution in [0.1, 0.15) is 22.8 Å². The third kappa shape index (κ3) is 5.51. The van der Waals surface area contributed by atoms with E-state index in [1.807, 2.05) is 74.3 Å². The SMILES string of the molecule is Cc1ccc(NC(=O)CN(C)CC(O)c2ccc(C)cc2)cc1. The number of aliphatic hydroxyl groups excluding tert-OH is 1. The van der Waals surface area contributed by atoms with Crippen LogP contribution >= 0.6 is 0 Å². The van der Waals surface area contributed by atoms with Crippen molar-refractivity contribution in [1.82, 2.24) is 4.90 Å². The lowest BCUT2D eigenvalue weighted by Crippen LogP contribution is -2.33. The van der Waals surface area contributed by atoms with Crippen LogP contribution in [0, 0.1) is 13.8 Å². The minimum Gasteiger partial charge on any atom is -0.387 e. The molecule has 0 heterocycles. The number of hydrogen-bond donors (Lipinski definition) is 2. The Morgan fingerprint density at radius 3 is 2.13 bits per heavy atom. The average Bonchev–Trinajstić information content (AvgIpc) is 2.50. The van der Waals surface area contributed by atoms with Crippen LogP contribution in [0.4, 0.5) is 5.69 Å². The lowest BCUT2D eigenvalue weighted by Gasteiger charge is -2.20. The summed E-state index contributed by atoms with van der Waals surface area (Å²) in [6, 6.07) is 15.5. The van der Waals surface area contributed by atoms with Gasteiger partial charge in [0.05, 0.1) is 12.6 Å². The van der Waals surface area contributed by atoms with E-state index < -0.39 is 6.10 Å². The van der Waals surface area contributed by atoms with Crippen molar-refractivity contribution in [1.29, 1.82) is 0 Å². The molecule has 1 atom stereocenters. The van der Waals surface area contributed by atoms with E-state index in [1.165, 1.54) is 0 Å². The summed E-state index contributed by atoms with van der Waals surface area (Å²) in [5.74, 6) is -0.0903. The van der Waals surface area contributed by atoms with E-state index in [1.54, 1.807) is 0 Å². The smallest absolute Gasteiger partial charge is 0.238 e. The molecule has 122 valence electrons. The zero-order chi connectivity index (χ0) is 16.8. The maximum absolute atomic E-state index is 12.0. The fourth-order valence-corrected chi connectivity index (χ4v) is 2.34. The molecule has 2 aromatic rings. The Kier molecular flexibility index (Phi) is 5.90. The van der Waals surface area contributed by atoms with Gasteiger partial charge < -0.3 is 10.4 Å². The number of aryl methyl sites for hydroxylation is 2. The molecule has 0 aliphatic heterocycles. The van der Waals surface area contributed by atoms with E-state index in [2.05, 4.69) is 5.32 Å². The highest BCUT2D eigenvalue weighted by atomic mass is 16.3. The summed E-state index contributed by atoms with van der Waals surface area (Å²) in [5.41, 5.74) is 3.96. The Hall–Kier alpha value is -2.17. The van der Waals surface area contributed by atoms with Crippen molar-refractivity contribution in [2.75, 3.05) is 25.5 Å². The first kappa shape index (κ1) is 17.2. The molecule has 1 unspecified atom stereocenters. The van der Waals surface area contributed by atoms with Gasteiger partial charge in [0.2, 0.25) is 5.91 Å². The third-order valence-electron chi connectivity index (χ3n) is 3.70. The highest BCUT2D eigenvalue weighted by Gasteiger charge is 2.13. The van der Waals surface area contributed by atoms with E-state index in [9.17, 15) is 9.90 Å². The van der Waals surface area contributed by atoms with Gasteiger partial charge in [-0.2, -0.15) is 0 Å². The fourth-order valence-electron chi connectivity index (χ4n) is 2.34. The topological polar surface area (TPSA) is 52.6 Å². The van der Waals surface area contributed by atoms with Crippen LogP contribution in [0.2, 0.25) is 0 Å². The summed E-state index contributed by atoms with van der Waals surface area (Å²) in [5, 5.41) is 13.1. The largest absolute Gasteiger partial charge is 0.387 e. The zero-order valence-corrected chi connectivity index (χ0v) is 13.9. The number of rotatable bonds is 6. The normalized spacial score (nSPS) is 12.2. The summed E-state index contributed by atoms with van der Waals surface area (Å²) in [7, 11) is 1.83. The van der Waals surface area contributed by atoms with Crippen molar-refractivity contribution >= 4 is 11.6 Å². The number of carbonyl (C=O) groups is 1. The standard InChI is InChI=1S/C19H24N2O2/c1-14-4-8-16(9-5-14)18(22)12-21(3)13-19(23)20-17-10-6-15(2)7-11-17/h4-11,18,22H,12-13H2,1-3H3,(H,20,23). The number of anilines is 1. The molecule has 0 saturated heterocycles. The molecule has 0 aliphatic rings. The third-order valence-corrected chi connectivity index (χ3v) is 3.70. The zero-order valence-electron chi connectivity index (χ0n) is 13.9. The van der Waals surface area contributed by atoms with Gasteiger partial charge in [-0.15, -0.1) is 0 Å². The van der Waals surface area contributed by atoms with E-state index in [-0.39, 0.29) is 12.5 Å². The molecule has 2 rings (SSSR count). The number of amides is 1. The molecule has 0 radical (unpaired) electrons. The van der Waals surface area contributed by atoms with Gasteiger partial charge in [0.25, 0.3) is 0 Å². The van der Waals surface area contributed by atoms with Gasteiger partial charge in [0, 0.05) is 12.2 Å². The molecule has 0 aliphatic carbocycles. The number of likely N-dealkylation sites (N-methyl/N-ethyl adjacent to an activating group) is 1. The Bertz CT molecular complexity index is 635. The maximum atomic E-state index is 12.0. The van der Waals surface area contributed by atoms with Gasteiger partial charge in [-0.05, 0) is 38.6 Å². The van der Waals surface area contributed by atoms with Crippen molar-refractivity contribution < 1.29 is 9.90 Å². The Morgan fingerprint density at radius 1 is 1.04 bits per heavy atom. The molecular weight excluding hydrogens is 288 g/mol. The Balaban J connectivity index is 1.83. The van der Waals surface area contributed by atoms with Crippen molar-refractivity contribution in [2.45, 2.75) is 20.0 Å². The van der Waals surface area contributed by atoms with Crippen molar-refractivity contribution in [2.24, 2.45) is 0 Å². The molecule has 1 amide bonds. The van der Waals surface area contributed by atoms with Crippen molar-refractivity contribution in [3.63, 3.8) is 0 Å². The van der Waals surface area contributed by atoms with Crippen molar-refractivity contribution in [3.05, 3.63) is 65.2 Å². The summed E-state index contributed by atoms with van der Waals surface area (Å²) < 4.78 is 0. The van der Waals surface area contributed by atoms with Crippen LogP contribution in [0.15, 0.2) is 48.5 Å². The molecule has 0 spiro atoms. The maximum Gasteiger partial charge on any atom is 0.238 e. The summed E-state index contributed by atoms with van der Waals surface area (Å²) in [6.07, 6.45) is -0.604. The number of aliphatic hydroxyl groups is 1. The van der Waals surface area contributed by atoms with Crippen LogP contribution in [-0.4, -0.2) is 36.1 Å². The van der Waals surface area contributed by atoms with Gasteiger partial charge in [-0.25, -0.2) is 0 Å². The molecule has 0 bridgehead atoms. The molecular formula is C19H24N2O2. The molecule has 23 heavy (non-hydrogen) atoms. The van der Waals surface area contributed by atoms with E-state index in [4.69, 9.17) is 0 Å². The number of benzene rings is 2. The lowest BCUT2D eigenvalue weighted by atomic mass is 10.1. The molecule has 4 nitrogen and oxygen atoms in total. The molecule has 0 aromatic heterocycles. The van der Waals surface area contributed by atoms with Crippen LogP contribution in [0.5, 0.6) is 0 Å². The van der Waals surface area contributed by atoms with Gasteiger partial charge >= 0.3 is 0 Å². The van der Waals surface area contributed by atoms with Crippen LogP contribution < -0.4 is 5.32 Å². The lowest BCUT2D eigenvalue weighted by molar-refractivity contribution is -0.117. The molecule has 2 aromatic carbocycles. The van der Waals surface area contributed by atoms with E-state index in [0.717, 1.165) is 22.4 Å². The minimum atomic E-state index is -0.604. The van der Waals surface area contributed by atoms with Crippen LogP contribution in [-0.2, 0) is 4.79 Å². The summed E-state index contributed by atoms with van der Waals surface area (Å²) in [6.45, 7) is 4.66. The van der Waals surface area contributed by atoms with Crippen LogP contribution in [0.3, 0.4) is 0 Å². The number of carbonyl (C=O) groups excluding carboxylic acids is 1. The van der Waals surface area contributed by atoms with Gasteiger partial charge in [-0.3, -0.25) is 9.69 Å². The fraction of sp³-hybridized carbons (Fsp3) is 0.316.